The first-order valence-electron chi connectivity index (χ1n) is 6.06. The number of aromatic nitrogens is 1. The molecule has 1 aromatic heterocycles. The Kier molecular flexibility index (Phi) is 4.22. The monoisotopic (exact) mass is 312 g/mol. The minimum absolute atomic E-state index is 0.00343. The predicted octanol–water partition coefficient (Wildman–Crippen LogP) is 2.34. The molecule has 0 bridgehead atoms. The number of alkyl halides is 1. The van der Waals surface area contributed by atoms with Crippen LogP contribution in [0.4, 0.5) is 0 Å². The standard InChI is InChI=1S/C13H17BrN2O2/c1-9-5-7-16(8-11(9)14)13(17)10-4-3-6-15-12(10)18-2/h3-4,6,9,11H,5,7-8H2,1-2H3. The molecule has 1 aromatic rings. The van der Waals surface area contributed by atoms with Crippen molar-refractivity contribution in [3.8, 4) is 5.88 Å². The Morgan fingerprint density at radius 3 is 3.06 bits per heavy atom. The number of ether oxygens (including phenoxy) is 1. The molecular formula is C13H17BrN2O2. The molecule has 0 aromatic carbocycles. The van der Waals surface area contributed by atoms with E-state index >= 15 is 0 Å². The Bertz CT molecular complexity index is 439. The van der Waals surface area contributed by atoms with E-state index in [0.717, 1.165) is 19.5 Å². The van der Waals surface area contributed by atoms with Gasteiger partial charge in [-0.05, 0) is 24.5 Å². The van der Waals surface area contributed by atoms with Gasteiger partial charge in [-0.1, -0.05) is 22.9 Å². The highest BCUT2D eigenvalue weighted by Gasteiger charge is 2.29. The van der Waals surface area contributed by atoms with Crippen LogP contribution < -0.4 is 4.74 Å². The lowest BCUT2D eigenvalue weighted by Gasteiger charge is -2.34. The van der Waals surface area contributed by atoms with E-state index in [1.165, 1.54) is 7.11 Å². The second-order valence-corrected chi connectivity index (χ2v) is 5.77. The highest BCUT2D eigenvalue weighted by molar-refractivity contribution is 9.09. The molecule has 1 saturated heterocycles. The summed E-state index contributed by atoms with van der Waals surface area (Å²) in [4.78, 5) is 18.7. The van der Waals surface area contributed by atoms with Crippen LogP contribution in [0.2, 0.25) is 0 Å². The van der Waals surface area contributed by atoms with Gasteiger partial charge in [-0.2, -0.15) is 0 Å². The Labute approximate surface area is 115 Å². The van der Waals surface area contributed by atoms with Crippen LogP contribution in [0.25, 0.3) is 0 Å². The number of carbonyl (C=O) groups excluding carboxylic acids is 1. The summed E-state index contributed by atoms with van der Waals surface area (Å²) in [6.45, 7) is 3.73. The smallest absolute Gasteiger partial charge is 0.259 e. The molecule has 0 aliphatic carbocycles. The number of rotatable bonds is 2. The lowest BCUT2D eigenvalue weighted by atomic mass is 9.98. The van der Waals surface area contributed by atoms with Gasteiger partial charge >= 0.3 is 0 Å². The zero-order valence-corrected chi connectivity index (χ0v) is 12.2. The maximum atomic E-state index is 12.4. The van der Waals surface area contributed by atoms with Gasteiger partial charge in [-0.3, -0.25) is 4.79 Å². The summed E-state index contributed by atoms with van der Waals surface area (Å²) in [7, 11) is 1.53. The van der Waals surface area contributed by atoms with Crippen molar-refractivity contribution in [2.45, 2.75) is 18.2 Å². The molecule has 0 saturated carbocycles. The van der Waals surface area contributed by atoms with Crippen molar-refractivity contribution in [1.29, 1.82) is 0 Å². The minimum atomic E-state index is -0.00343. The number of nitrogens with zero attached hydrogens (tertiary/aromatic N) is 2. The number of hydrogen-bond donors (Lipinski definition) is 0. The zero-order valence-electron chi connectivity index (χ0n) is 10.6. The van der Waals surface area contributed by atoms with Gasteiger partial charge in [-0.25, -0.2) is 4.98 Å². The summed E-state index contributed by atoms with van der Waals surface area (Å²) in [5, 5.41) is 0. The van der Waals surface area contributed by atoms with E-state index in [2.05, 4.69) is 27.8 Å². The van der Waals surface area contributed by atoms with Crippen LogP contribution in [0, 0.1) is 5.92 Å². The van der Waals surface area contributed by atoms with Crippen LogP contribution >= 0.6 is 15.9 Å². The molecule has 98 valence electrons. The van der Waals surface area contributed by atoms with Gasteiger partial charge in [0.15, 0.2) is 0 Å². The fourth-order valence-electron chi connectivity index (χ4n) is 2.09. The summed E-state index contributed by atoms with van der Waals surface area (Å²) in [5.41, 5.74) is 0.536. The molecule has 1 fully saturated rings. The summed E-state index contributed by atoms with van der Waals surface area (Å²) in [5.74, 6) is 0.994. The summed E-state index contributed by atoms with van der Waals surface area (Å²) in [6.07, 6.45) is 2.64. The quantitative estimate of drug-likeness (QED) is 0.787. The van der Waals surface area contributed by atoms with Gasteiger partial charge in [0.2, 0.25) is 5.88 Å². The lowest BCUT2D eigenvalue weighted by Crippen LogP contribution is -2.43. The molecule has 1 aliphatic rings. The van der Waals surface area contributed by atoms with Crippen molar-refractivity contribution in [3.05, 3.63) is 23.9 Å². The first kappa shape index (κ1) is 13.3. The number of likely N-dealkylation sites (tertiary alicyclic amines) is 1. The van der Waals surface area contributed by atoms with Crippen molar-refractivity contribution in [1.82, 2.24) is 9.88 Å². The lowest BCUT2D eigenvalue weighted by molar-refractivity contribution is 0.0701. The molecule has 2 atom stereocenters. The average molecular weight is 313 g/mol. The van der Waals surface area contributed by atoms with Crippen molar-refractivity contribution < 1.29 is 9.53 Å². The molecule has 18 heavy (non-hydrogen) atoms. The molecule has 2 heterocycles. The first-order valence-corrected chi connectivity index (χ1v) is 6.97. The summed E-state index contributed by atoms with van der Waals surface area (Å²) in [6, 6.07) is 3.52. The number of piperidine rings is 1. The second-order valence-electron chi connectivity index (χ2n) is 4.59. The predicted molar refractivity (Wildman–Crippen MR) is 73.2 cm³/mol. The van der Waals surface area contributed by atoms with Crippen LogP contribution in [-0.4, -0.2) is 40.8 Å². The highest BCUT2D eigenvalue weighted by Crippen LogP contribution is 2.25. The van der Waals surface area contributed by atoms with Gasteiger partial charge < -0.3 is 9.64 Å². The maximum absolute atomic E-state index is 12.4. The maximum Gasteiger partial charge on any atom is 0.259 e. The Morgan fingerprint density at radius 2 is 2.39 bits per heavy atom. The number of pyridine rings is 1. The molecule has 2 rings (SSSR count). The van der Waals surface area contributed by atoms with Gasteiger partial charge in [0.1, 0.15) is 5.56 Å². The molecule has 0 spiro atoms. The number of halogens is 1. The van der Waals surface area contributed by atoms with Crippen LogP contribution in [0.1, 0.15) is 23.7 Å². The fourth-order valence-corrected chi connectivity index (χ4v) is 2.71. The SMILES string of the molecule is COc1ncccc1C(=O)N1CCC(C)C(Br)C1. The topological polar surface area (TPSA) is 42.4 Å². The van der Waals surface area contributed by atoms with Crippen LogP contribution in [-0.2, 0) is 0 Å². The van der Waals surface area contributed by atoms with Crippen molar-refractivity contribution in [2.75, 3.05) is 20.2 Å². The van der Waals surface area contributed by atoms with Crippen LogP contribution in [0.15, 0.2) is 18.3 Å². The van der Waals surface area contributed by atoms with Crippen LogP contribution in [0.5, 0.6) is 5.88 Å². The van der Waals surface area contributed by atoms with Gasteiger partial charge in [0.25, 0.3) is 5.91 Å². The van der Waals surface area contributed by atoms with E-state index in [-0.39, 0.29) is 5.91 Å². The number of carbonyl (C=O) groups is 1. The summed E-state index contributed by atoms with van der Waals surface area (Å²) >= 11 is 3.63. The normalized spacial score (nSPS) is 23.8. The van der Waals surface area contributed by atoms with E-state index in [1.54, 1.807) is 18.3 Å². The third-order valence-corrected chi connectivity index (χ3v) is 4.54. The molecule has 1 aliphatic heterocycles. The zero-order chi connectivity index (χ0) is 13.1. The van der Waals surface area contributed by atoms with E-state index in [4.69, 9.17) is 4.74 Å². The number of methoxy groups -OCH3 is 1. The molecular weight excluding hydrogens is 296 g/mol. The Balaban J connectivity index is 2.16. The number of amides is 1. The molecule has 0 N–H and O–H groups in total. The van der Waals surface area contributed by atoms with E-state index in [9.17, 15) is 4.79 Å². The molecule has 1 amide bonds. The van der Waals surface area contributed by atoms with Gasteiger partial charge in [0, 0.05) is 24.1 Å². The molecule has 2 unspecified atom stereocenters. The summed E-state index contributed by atoms with van der Waals surface area (Å²) < 4.78 is 5.13. The van der Waals surface area contributed by atoms with Crippen LogP contribution in [0.3, 0.4) is 0 Å². The first-order chi connectivity index (χ1) is 8.63. The Morgan fingerprint density at radius 1 is 1.61 bits per heavy atom. The third-order valence-electron chi connectivity index (χ3n) is 3.35. The van der Waals surface area contributed by atoms with Gasteiger partial charge in [0.05, 0.1) is 7.11 Å². The second kappa shape index (κ2) is 5.69. The van der Waals surface area contributed by atoms with E-state index < -0.39 is 0 Å². The highest BCUT2D eigenvalue weighted by atomic mass is 79.9. The minimum Gasteiger partial charge on any atom is -0.480 e. The third kappa shape index (κ3) is 2.66. The van der Waals surface area contributed by atoms with Gasteiger partial charge in [-0.15, -0.1) is 0 Å². The van der Waals surface area contributed by atoms with Crippen molar-refractivity contribution in [3.63, 3.8) is 0 Å². The molecule has 5 heteroatoms. The van der Waals surface area contributed by atoms with Crippen molar-refractivity contribution in [2.24, 2.45) is 5.92 Å². The fraction of sp³-hybridized carbons (Fsp3) is 0.538. The van der Waals surface area contributed by atoms with E-state index in [0.29, 0.717) is 22.2 Å². The largest absolute Gasteiger partial charge is 0.480 e. The molecule has 4 nitrogen and oxygen atoms in total. The number of hydrogen-bond acceptors (Lipinski definition) is 3. The van der Waals surface area contributed by atoms with Crippen molar-refractivity contribution >= 4 is 21.8 Å². The van der Waals surface area contributed by atoms with E-state index in [1.807, 2.05) is 4.90 Å². The Hall–Kier alpha value is -1.10. The molecule has 0 radical (unpaired) electrons. The average Bonchev–Trinajstić information content (AvgIpc) is 2.41.